The van der Waals surface area contributed by atoms with Crippen molar-refractivity contribution in [3.05, 3.63) is 15.6 Å². The molecule has 1 aliphatic rings. The van der Waals surface area contributed by atoms with Crippen molar-refractivity contribution >= 4 is 11.3 Å². The van der Waals surface area contributed by atoms with Crippen molar-refractivity contribution in [3.8, 4) is 0 Å². The summed E-state index contributed by atoms with van der Waals surface area (Å²) in [6, 6.07) is 0.580. The highest BCUT2D eigenvalue weighted by atomic mass is 32.1. The van der Waals surface area contributed by atoms with Gasteiger partial charge in [-0.2, -0.15) is 0 Å². The second kappa shape index (κ2) is 4.62. The van der Waals surface area contributed by atoms with Gasteiger partial charge in [0, 0.05) is 10.9 Å². The minimum atomic E-state index is 0.580. The quantitative estimate of drug-likeness (QED) is 0.830. The summed E-state index contributed by atoms with van der Waals surface area (Å²) in [7, 11) is 0. The zero-order valence-electron chi connectivity index (χ0n) is 9.84. The van der Waals surface area contributed by atoms with Crippen molar-refractivity contribution in [2.45, 2.75) is 46.1 Å². The maximum atomic E-state index is 4.53. The largest absolute Gasteiger partial charge is 0.309 e. The molecule has 0 bridgehead atoms. The lowest BCUT2D eigenvalue weighted by molar-refractivity contribution is 0.485. The van der Waals surface area contributed by atoms with Crippen molar-refractivity contribution in [1.82, 2.24) is 10.3 Å². The maximum absolute atomic E-state index is 4.53. The summed E-state index contributed by atoms with van der Waals surface area (Å²) in [5.41, 5.74) is 1.23. The Bertz CT molecular complexity index is 328. The van der Waals surface area contributed by atoms with E-state index >= 15 is 0 Å². The van der Waals surface area contributed by atoms with Gasteiger partial charge in [-0.3, -0.25) is 0 Å². The highest BCUT2D eigenvalue weighted by Crippen LogP contribution is 2.43. The van der Waals surface area contributed by atoms with E-state index in [1.807, 2.05) is 11.3 Å². The van der Waals surface area contributed by atoms with Gasteiger partial charge in [0.05, 0.1) is 10.7 Å². The van der Waals surface area contributed by atoms with E-state index in [9.17, 15) is 0 Å². The fourth-order valence-electron chi connectivity index (χ4n) is 2.04. The van der Waals surface area contributed by atoms with E-state index < -0.39 is 0 Å². The third kappa shape index (κ3) is 2.58. The van der Waals surface area contributed by atoms with Crippen molar-refractivity contribution in [2.75, 3.05) is 6.54 Å². The van der Waals surface area contributed by atoms with Crippen LogP contribution >= 0.6 is 11.3 Å². The summed E-state index contributed by atoms with van der Waals surface area (Å²) in [4.78, 5) is 6.00. The Balaban J connectivity index is 2.12. The summed E-state index contributed by atoms with van der Waals surface area (Å²) in [5, 5.41) is 4.87. The molecule has 1 aromatic rings. The molecule has 84 valence electrons. The average molecular weight is 224 g/mol. The first-order chi connectivity index (χ1) is 7.22. The Morgan fingerprint density at radius 1 is 1.47 bits per heavy atom. The smallest absolute Gasteiger partial charge is 0.0900 e. The van der Waals surface area contributed by atoms with Gasteiger partial charge in [0.2, 0.25) is 0 Å². The molecule has 3 heteroatoms. The van der Waals surface area contributed by atoms with E-state index in [2.05, 4.69) is 31.1 Å². The van der Waals surface area contributed by atoms with E-state index in [4.69, 9.17) is 0 Å². The number of nitrogens with one attached hydrogen (secondary N) is 1. The molecule has 1 saturated carbocycles. The number of hydrogen-bond acceptors (Lipinski definition) is 3. The Morgan fingerprint density at radius 2 is 2.20 bits per heavy atom. The monoisotopic (exact) mass is 224 g/mol. The number of nitrogens with zero attached hydrogens (tertiary/aromatic N) is 1. The molecule has 0 saturated heterocycles. The van der Waals surface area contributed by atoms with Crippen LogP contribution in [0.3, 0.4) is 0 Å². The van der Waals surface area contributed by atoms with E-state index in [1.54, 1.807) is 0 Å². The number of rotatable bonds is 5. The fraction of sp³-hybridized carbons (Fsp3) is 0.750. The summed E-state index contributed by atoms with van der Waals surface area (Å²) in [6.07, 6.45) is 3.98. The van der Waals surface area contributed by atoms with Gasteiger partial charge in [-0.15, -0.1) is 11.3 Å². The lowest BCUT2D eigenvalue weighted by atomic mass is 10.1. The highest BCUT2D eigenvalue weighted by Gasteiger charge is 2.33. The van der Waals surface area contributed by atoms with E-state index in [-0.39, 0.29) is 0 Å². The summed E-state index contributed by atoms with van der Waals surface area (Å²) in [5.74, 6) is 0.870. The van der Waals surface area contributed by atoms with Crippen molar-refractivity contribution in [2.24, 2.45) is 5.92 Å². The molecular weight excluding hydrogens is 204 g/mol. The zero-order valence-corrected chi connectivity index (χ0v) is 10.7. The first-order valence-electron chi connectivity index (χ1n) is 5.89. The molecule has 0 radical (unpaired) electrons. The molecule has 0 aromatic carbocycles. The molecule has 1 fully saturated rings. The molecule has 1 aromatic heterocycles. The van der Waals surface area contributed by atoms with Gasteiger partial charge in [0.25, 0.3) is 0 Å². The standard InChI is InChI=1S/C12H20N2S/c1-4-7-13-11(10-5-6-10)12-8(2)14-9(3)15-12/h10-11,13H,4-7H2,1-3H3. The van der Waals surface area contributed by atoms with Crippen LogP contribution in [0.15, 0.2) is 0 Å². The van der Waals surface area contributed by atoms with Crippen LogP contribution in [0, 0.1) is 19.8 Å². The Hall–Kier alpha value is -0.410. The molecule has 1 heterocycles. The van der Waals surface area contributed by atoms with Gasteiger partial charge in [-0.05, 0) is 45.6 Å². The fourth-order valence-corrected chi connectivity index (χ4v) is 3.14. The van der Waals surface area contributed by atoms with Gasteiger partial charge in [0.15, 0.2) is 0 Å². The van der Waals surface area contributed by atoms with Crippen LogP contribution in [0.2, 0.25) is 0 Å². The van der Waals surface area contributed by atoms with Crippen LogP contribution in [-0.4, -0.2) is 11.5 Å². The topological polar surface area (TPSA) is 24.9 Å². The number of thiazole rings is 1. The normalized spacial score (nSPS) is 18.1. The molecule has 1 aliphatic carbocycles. The first kappa shape index (κ1) is 11.1. The van der Waals surface area contributed by atoms with Crippen molar-refractivity contribution < 1.29 is 0 Å². The molecule has 0 spiro atoms. The Morgan fingerprint density at radius 3 is 2.67 bits per heavy atom. The summed E-state index contributed by atoms with van der Waals surface area (Å²) in [6.45, 7) is 7.59. The first-order valence-corrected chi connectivity index (χ1v) is 6.71. The summed E-state index contributed by atoms with van der Waals surface area (Å²) < 4.78 is 0. The van der Waals surface area contributed by atoms with Crippen LogP contribution in [0.1, 0.15) is 47.8 Å². The molecule has 1 unspecified atom stereocenters. The second-order valence-corrected chi connectivity index (χ2v) is 5.69. The third-order valence-corrected chi connectivity index (χ3v) is 4.09. The predicted octanol–water partition coefficient (Wildman–Crippen LogP) is 3.21. The van der Waals surface area contributed by atoms with Crippen LogP contribution in [-0.2, 0) is 0 Å². The maximum Gasteiger partial charge on any atom is 0.0900 e. The summed E-state index contributed by atoms with van der Waals surface area (Å²) >= 11 is 1.87. The number of hydrogen-bond donors (Lipinski definition) is 1. The Kier molecular flexibility index (Phi) is 3.42. The highest BCUT2D eigenvalue weighted by molar-refractivity contribution is 7.11. The third-order valence-electron chi connectivity index (χ3n) is 2.93. The lowest BCUT2D eigenvalue weighted by Gasteiger charge is -2.16. The van der Waals surface area contributed by atoms with E-state index in [0.717, 1.165) is 12.5 Å². The zero-order chi connectivity index (χ0) is 10.8. The van der Waals surface area contributed by atoms with Crippen LogP contribution in [0.25, 0.3) is 0 Å². The van der Waals surface area contributed by atoms with Crippen molar-refractivity contribution in [1.29, 1.82) is 0 Å². The lowest BCUT2D eigenvalue weighted by Crippen LogP contribution is -2.23. The van der Waals surface area contributed by atoms with Gasteiger partial charge >= 0.3 is 0 Å². The molecule has 0 amide bonds. The Labute approximate surface area is 96.1 Å². The van der Waals surface area contributed by atoms with Crippen LogP contribution in [0.4, 0.5) is 0 Å². The molecule has 1 atom stereocenters. The molecule has 0 aliphatic heterocycles. The van der Waals surface area contributed by atoms with Gasteiger partial charge in [-0.1, -0.05) is 6.92 Å². The minimum Gasteiger partial charge on any atom is -0.309 e. The number of aromatic nitrogens is 1. The van der Waals surface area contributed by atoms with Gasteiger partial charge < -0.3 is 5.32 Å². The molecule has 2 rings (SSSR count). The second-order valence-electron chi connectivity index (χ2n) is 4.45. The molecular formula is C12H20N2S. The van der Waals surface area contributed by atoms with Crippen LogP contribution < -0.4 is 5.32 Å². The van der Waals surface area contributed by atoms with Gasteiger partial charge in [0.1, 0.15) is 0 Å². The van der Waals surface area contributed by atoms with Crippen molar-refractivity contribution in [3.63, 3.8) is 0 Å². The minimum absolute atomic E-state index is 0.580. The molecule has 2 nitrogen and oxygen atoms in total. The number of aryl methyl sites for hydroxylation is 2. The van der Waals surface area contributed by atoms with Gasteiger partial charge in [-0.25, -0.2) is 4.98 Å². The molecule has 15 heavy (non-hydrogen) atoms. The van der Waals surface area contributed by atoms with E-state index in [0.29, 0.717) is 6.04 Å². The SMILES string of the molecule is CCCNC(c1sc(C)nc1C)C1CC1. The van der Waals surface area contributed by atoms with Crippen LogP contribution in [0.5, 0.6) is 0 Å². The van der Waals surface area contributed by atoms with E-state index in [1.165, 1.54) is 34.8 Å². The predicted molar refractivity (Wildman–Crippen MR) is 65.3 cm³/mol. The average Bonchev–Trinajstić information content (AvgIpc) is 2.95. The molecule has 1 N–H and O–H groups in total.